The number of nitro groups is 1. The molecule has 0 N–H and O–H groups in total. The van der Waals surface area contributed by atoms with E-state index in [4.69, 9.17) is 0 Å². The standard InChI is InChI=1S/C27H25N3O4S/c31-25(22-11-9-21(10-12-22)20-5-2-1-3-6-20)28-15-13-27(14-16-28)29(17-18-35-27)26(32)23-7-4-8-24(19-23)30(33)34/h1-12,19H,13-18H2. The summed E-state index contributed by atoms with van der Waals surface area (Å²) in [6.07, 6.45) is 1.35. The minimum absolute atomic E-state index is 0.000908. The van der Waals surface area contributed by atoms with Crippen LogP contribution in [0.5, 0.6) is 0 Å². The monoisotopic (exact) mass is 487 g/mol. The summed E-state index contributed by atoms with van der Waals surface area (Å²) in [5.74, 6) is 0.629. The van der Waals surface area contributed by atoms with E-state index in [1.807, 2.05) is 64.4 Å². The molecule has 0 bridgehead atoms. The van der Waals surface area contributed by atoms with Crippen LogP contribution in [-0.2, 0) is 0 Å². The van der Waals surface area contributed by atoms with Gasteiger partial charge in [0.25, 0.3) is 17.5 Å². The van der Waals surface area contributed by atoms with Crippen LogP contribution in [0, 0.1) is 10.1 Å². The molecular formula is C27H25N3O4S. The predicted molar refractivity (Wildman–Crippen MR) is 136 cm³/mol. The third-order valence-corrected chi connectivity index (χ3v) is 8.35. The van der Waals surface area contributed by atoms with Crippen molar-refractivity contribution in [3.8, 4) is 11.1 Å². The second-order valence-electron chi connectivity index (χ2n) is 8.79. The molecule has 0 unspecified atom stereocenters. The lowest BCUT2D eigenvalue weighted by Gasteiger charge is -2.44. The SMILES string of the molecule is O=C(c1ccc(-c2ccccc2)cc1)N1CCC2(CC1)SCCN2C(=O)c1cccc([N+](=O)[O-])c1. The lowest BCUT2D eigenvalue weighted by atomic mass is 9.99. The Balaban J connectivity index is 1.26. The summed E-state index contributed by atoms with van der Waals surface area (Å²) >= 11 is 1.75. The highest BCUT2D eigenvalue weighted by atomic mass is 32.2. The minimum atomic E-state index is -0.484. The fourth-order valence-corrected chi connectivity index (χ4v) is 6.35. The van der Waals surface area contributed by atoms with Gasteiger partial charge in [0, 0.05) is 48.6 Å². The molecule has 0 aromatic heterocycles. The fraction of sp³-hybridized carbons (Fsp3) is 0.259. The Bertz CT molecular complexity index is 1250. The Morgan fingerprint density at radius 2 is 1.49 bits per heavy atom. The average molecular weight is 488 g/mol. The van der Waals surface area contributed by atoms with E-state index < -0.39 is 4.92 Å². The summed E-state index contributed by atoms with van der Waals surface area (Å²) in [6, 6.07) is 23.6. The van der Waals surface area contributed by atoms with Crippen LogP contribution in [0.1, 0.15) is 33.6 Å². The van der Waals surface area contributed by atoms with Gasteiger partial charge in [0.05, 0.1) is 9.79 Å². The van der Waals surface area contributed by atoms with Crippen molar-refractivity contribution in [3.05, 3.63) is 100 Å². The molecule has 2 amide bonds. The van der Waals surface area contributed by atoms with Crippen LogP contribution < -0.4 is 0 Å². The van der Waals surface area contributed by atoms with Gasteiger partial charge in [-0.3, -0.25) is 19.7 Å². The molecule has 2 saturated heterocycles. The zero-order valence-corrected chi connectivity index (χ0v) is 19.9. The Kier molecular flexibility index (Phi) is 6.30. The predicted octanol–water partition coefficient (Wildman–Crippen LogP) is 5.08. The number of non-ortho nitro benzene ring substituents is 1. The van der Waals surface area contributed by atoms with E-state index in [0.29, 0.717) is 43.6 Å². The first-order valence-electron chi connectivity index (χ1n) is 11.6. The largest absolute Gasteiger partial charge is 0.338 e. The van der Waals surface area contributed by atoms with Gasteiger partial charge in [0.2, 0.25) is 0 Å². The van der Waals surface area contributed by atoms with Gasteiger partial charge in [0.1, 0.15) is 0 Å². The molecule has 2 aliphatic rings. The summed E-state index contributed by atoms with van der Waals surface area (Å²) in [5, 5.41) is 11.1. The number of amides is 2. The van der Waals surface area contributed by atoms with E-state index in [1.165, 1.54) is 12.1 Å². The molecule has 0 saturated carbocycles. The highest BCUT2D eigenvalue weighted by molar-refractivity contribution is 8.00. The smallest absolute Gasteiger partial charge is 0.270 e. The summed E-state index contributed by atoms with van der Waals surface area (Å²) in [7, 11) is 0. The van der Waals surface area contributed by atoms with Gasteiger partial charge in [-0.2, -0.15) is 0 Å². The van der Waals surface area contributed by atoms with Gasteiger partial charge in [-0.05, 0) is 42.2 Å². The molecule has 2 fully saturated rings. The number of piperidine rings is 1. The highest BCUT2D eigenvalue weighted by Crippen LogP contribution is 2.44. The van der Waals surface area contributed by atoms with Crippen molar-refractivity contribution < 1.29 is 14.5 Å². The first-order chi connectivity index (χ1) is 17.0. The first-order valence-corrected chi connectivity index (χ1v) is 12.6. The number of carbonyl (C=O) groups is 2. The number of hydrogen-bond acceptors (Lipinski definition) is 5. The van der Waals surface area contributed by atoms with Crippen LogP contribution in [0.4, 0.5) is 5.69 Å². The number of thioether (sulfide) groups is 1. The molecule has 8 heteroatoms. The normalized spacial score (nSPS) is 16.9. The molecule has 2 aliphatic heterocycles. The van der Waals surface area contributed by atoms with Crippen LogP contribution in [0.3, 0.4) is 0 Å². The van der Waals surface area contributed by atoms with Crippen LogP contribution in [0.15, 0.2) is 78.9 Å². The zero-order valence-electron chi connectivity index (χ0n) is 19.1. The third-order valence-electron chi connectivity index (χ3n) is 6.80. The second-order valence-corrected chi connectivity index (χ2v) is 10.3. The molecule has 3 aromatic carbocycles. The van der Waals surface area contributed by atoms with E-state index in [0.717, 1.165) is 16.9 Å². The Morgan fingerprint density at radius 3 is 2.17 bits per heavy atom. The van der Waals surface area contributed by atoms with Crippen molar-refractivity contribution in [1.29, 1.82) is 0 Å². The van der Waals surface area contributed by atoms with Crippen LogP contribution in [0.2, 0.25) is 0 Å². The van der Waals surface area contributed by atoms with Crippen molar-refractivity contribution in [2.45, 2.75) is 17.7 Å². The molecule has 5 rings (SSSR count). The van der Waals surface area contributed by atoms with Crippen molar-refractivity contribution in [2.24, 2.45) is 0 Å². The fourth-order valence-electron chi connectivity index (χ4n) is 4.90. The molecule has 7 nitrogen and oxygen atoms in total. The quantitative estimate of drug-likeness (QED) is 0.378. The molecule has 3 aromatic rings. The summed E-state index contributed by atoms with van der Waals surface area (Å²) < 4.78 is 0. The third kappa shape index (κ3) is 4.53. The molecule has 1 spiro atoms. The summed E-state index contributed by atoms with van der Waals surface area (Å²) in [5.41, 5.74) is 3.08. The van der Waals surface area contributed by atoms with Crippen LogP contribution >= 0.6 is 11.8 Å². The maximum Gasteiger partial charge on any atom is 0.270 e. The Hall–Kier alpha value is -3.65. The first kappa shape index (κ1) is 23.1. The Labute approximate surface area is 207 Å². The van der Waals surface area contributed by atoms with Gasteiger partial charge in [0.15, 0.2) is 0 Å². The molecular weight excluding hydrogens is 462 g/mol. The lowest BCUT2D eigenvalue weighted by molar-refractivity contribution is -0.384. The number of likely N-dealkylation sites (tertiary alicyclic amines) is 1. The van der Waals surface area contributed by atoms with E-state index in [9.17, 15) is 19.7 Å². The summed E-state index contributed by atoms with van der Waals surface area (Å²) in [4.78, 5) is 40.4. The molecule has 35 heavy (non-hydrogen) atoms. The van der Waals surface area contributed by atoms with E-state index in [1.54, 1.807) is 23.9 Å². The summed E-state index contributed by atoms with van der Waals surface area (Å²) in [6.45, 7) is 1.72. The van der Waals surface area contributed by atoms with Gasteiger partial charge in [-0.25, -0.2) is 0 Å². The maximum absolute atomic E-state index is 13.3. The van der Waals surface area contributed by atoms with E-state index in [2.05, 4.69) is 0 Å². The van der Waals surface area contributed by atoms with Gasteiger partial charge >= 0.3 is 0 Å². The number of nitro benzene ring substituents is 1. The topological polar surface area (TPSA) is 83.8 Å². The zero-order chi connectivity index (χ0) is 24.4. The number of carbonyl (C=O) groups excluding carboxylic acids is 2. The van der Waals surface area contributed by atoms with Gasteiger partial charge in [-0.1, -0.05) is 48.5 Å². The molecule has 0 aliphatic carbocycles. The maximum atomic E-state index is 13.3. The van der Waals surface area contributed by atoms with Crippen molar-refractivity contribution in [2.75, 3.05) is 25.4 Å². The molecule has 178 valence electrons. The van der Waals surface area contributed by atoms with Crippen molar-refractivity contribution >= 4 is 29.3 Å². The van der Waals surface area contributed by atoms with Crippen molar-refractivity contribution in [1.82, 2.24) is 9.80 Å². The molecule has 0 atom stereocenters. The van der Waals surface area contributed by atoms with Gasteiger partial charge in [-0.15, -0.1) is 11.8 Å². The van der Waals surface area contributed by atoms with Crippen LogP contribution in [0.25, 0.3) is 11.1 Å². The highest BCUT2D eigenvalue weighted by Gasteiger charge is 2.47. The molecule has 0 radical (unpaired) electrons. The number of benzene rings is 3. The van der Waals surface area contributed by atoms with E-state index >= 15 is 0 Å². The second kappa shape index (κ2) is 9.54. The van der Waals surface area contributed by atoms with Crippen LogP contribution in [-0.4, -0.2) is 56.8 Å². The van der Waals surface area contributed by atoms with Gasteiger partial charge < -0.3 is 9.80 Å². The average Bonchev–Trinajstić information content (AvgIpc) is 3.31. The minimum Gasteiger partial charge on any atom is -0.338 e. The molecule has 2 heterocycles. The van der Waals surface area contributed by atoms with Crippen molar-refractivity contribution in [3.63, 3.8) is 0 Å². The number of rotatable bonds is 4. The van der Waals surface area contributed by atoms with E-state index in [-0.39, 0.29) is 22.4 Å². The number of hydrogen-bond donors (Lipinski definition) is 0. The Morgan fingerprint density at radius 1 is 0.800 bits per heavy atom. The lowest BCUT2D eigenvalue weighted by Crippen LogP contribution is -2.53. The number of nitrogens with zero attached hydrogens (tertiary/aromatic N) is 3.